The minimum Gasteiger partial charge on any atom is -0.497 e. The van der Waals surface area contributed by atoms with Crippen LogP contribution in [0.25, 0.3) is 11.4 Å². The molecule has 31 heavy (non-hydrogen) atoms. The number of anilines is 1. The number of carbonyl (C=O) groups is 1. The Kier molecular flexibility index (Phi) is 6.32. The van der Waals surface area contributed by atoms with Gasteiger partial charge >= 0.3 is 0 Å². The summed E-state index contributed by atoms with van der Waals surface area (Å²) in [7, 11) is 1.64. The lowest BCUT2D eigenvalue weighted by molar-refractivity contribution is -0.121. The van der Waals surface area contributed by atoms with Crippen LogP contribution >= 0.6 is 0 Å². The molecule has 1 amide bonds. The summed E-state index contributed by atoms with van der Waals surface area (Å²) >= 11 is 0. The molecule has 3 aromatic rings. The predicted molar refractivity (Wildman–Crippen MR) is 119 cm³/mol. The Hall–Kier alpha value is -3.19. The number of para-hydroxylation sites is 1. The minimum atomic E-state index is 0.0211. The maximum atomic E-state index is 12.8. The van der Waals surface area contributed by atoms with Gasteiger partial charge in [0, 0.05) is 17.2 Å². The van der Waals surface area contributed by atoms with Gasteiger partial charge in [-0.3, -0.25) is 9.69 Å². The lowest BCUT2D eigenvalue weighted by Crippen LogP contribution is -2.38. The maximum absolute atomic E-state index is 12.8. The number of hydrogen-bond acceptors (Lipinski definition) is 6. The molecule has 0 unspecified atom stereocenters. The fraction of sp³-hybridized carbons (Fsp3) is 0.375. The van der Waals surface area contributed by atoms with E-state index in [1.165, 1.54) is 0 Å². The first-order valence-corrected chi connectivity index (χ1v) is 10.6. The molecule has 4 rings (SSSR count). The molecule has 7 nitrogen and oxygen atoms in total. The number of carbonyl (C=O) groups excluding carboxylic acids is 1. The topological polar surface area (TPSA) is 80.5 Å². The van der Waals surface area contributed by atoms with Crippen molar-refractivity contribution < 1.29 is 14.1 Å². The van der Waals surface area contributed by atoms with Crippen molar-refractivity contribution in [2.24, 2.45) is 5.92 Å². The third-order valence-corrected chi connectivity index (χ3v) is 5.86. The average Bonchev–Trinajstić information content (AvgIpc) is 3.25. The lowest BCUT2D eigenvalue weighted by Gasteiger charge is -2.30. The van der Waals surface area contributed by atoms with Gasteiger partial charge in [-0.15, -0.1) is 0 Å². The summed E-state index contributed by atoms with van der Waals surface area (Å²) in [4.78, 5) is 19.5. The van der Waals surface area contributed by atoms with Crippen LogP contribution in [0.2, 0.25) is 0 Å². The second-order valence-corrected chi connectivity index (χ2v) is 8.05. The molecular formula is C24H28N4O3. The molecule has 1 N–H and O–H groups in total. The Morgan fingerprint density at radius 3 is 2.45 bits per heavy atom. The number of hydrogen-bond donors (Lipinski definition) is 1. The summed E-state index contributed by atoms with van der Waals surface area (Å²) < 4.78 is 10.6. The molecule has 162 valence electrons. The van der Waals surface area contributed by atoms with Crippen molar-refractivity contribution in [2.45, 2.75) is 33.2 Å². The zero-order valence-corrected chi connectivity index (χ0v) is 18.2. The summed E-state index contributed by atoms with van der Waals surface area (Å²) in [6.45, 7) is 6.29. The van der Waals surface area contributed by atoms with Crippen molar-refractivity contribution in [3.63, 3.8) is 0 Å². The highest BCUT2D eigenvalue weighted by atomic mass is 16.5. The van der Waals surface area contributed by atoms with Crippen molar-refractivity contribution in [3.8, 4) is 17.1 Å². The number of nitrogens with zero attached hydrogens (tertiary/aromatic N) is 3. The Labute approximate surface area is 182 Å². The van der Waals surface area contributed by atoms with Crippen LogP contribution in [0.4, 0.5) is 5.69 Å². The molecule has 2 heterocycles. The number of aromatic nitrogens is 2. The predicted octanol–water partition coefficient (Wildman–Crippen LogP) is 4.21. The fourth-order valence-electron chi connectivity index (χ4n) is 3.96. The maximum Gasteiger partial charge on any atom is 0.241 e. The van der Waals surface area contributed by atoms with Crippen LogP contribution in [-0.2, 0) is 11.3 Å². The molecule has 7 heteroatoms. The molecule has 1 aromatic heterocycles. The van der Waals surface area contributed by atoms with E-state index in [4.69, 9.17) is 9.26 Å². The molecule has 1 saturated heterocycles. The Balaban J connectivity index is 1.30. The molecule has 0 spiro atoms. The van der Waals surface area contributed by atoms with Gasteiger partial charge in [0.1, 0.15) is 5.75 Å². The molecule has 1 fully saturated rings. The Morgan fingerprint density at radius 1 is 1.13 bits per heavy atom. The zero-order valence-electron chi connectivity index (χ0n) is 18.2. The quantitative estimate of drug-likeness (QED) is 0.643. The first-order valence-electron chi connectivity index (χ1n) is 10.6. The third-order valence-electron chi connectivity index (χ3n) is 5.86. The lowest BCUT2D eigenvalue weighted by atomic mass is 9.95. The first kappa shape index (κ1) is 21.1. The van der Waals surface area contributed by atoms with E-state index >= 15 is 0 Å². The monoisotopic (exact) mass is 420 g/mol. The van der Waals surface area contributed by atoms with Crippen LogP contribution in [0.15, 0.2) is 47.0 Å². The number of piperidine rings is 1. The molecule has 0 saturated carbocycles. The van der Waals surface area contributed by atoms with Crippen LogP contribution in [-0.4, -0.2) is 41.1 Å². The molecular weight excluding hydrogens is 392 g/mol. The summed E-state index contributed by atoms with van der Waals surface area (Å²) in [5.41, 5.74) is 4.01. The molecule has 2 aromatic carbocycles. The first-order chi connectivity index (χ1) is 15.0. The second-order valence-electron chi connectivity index (χ2n) is 8.05. The highest BCUT2D eigenvalue weighted by Crippen LogP contribution is 2.25. The summed E-state index contributed by atoms with van der Waals surface area (Å²) in [5.74, 6) is 2.08. The molecule has 0 bridgehead atoms. The number of amides is 1. The van der Waals surface area contributed by atoms with E-state index in [1.807, 2.05) is 56.3 Å². The van der Waals surface area contributed by atoms with Gasteiger partial charge in [-0.05, 0) is 75.2 Å². The van der Waals surface area contributed by atoms with Crippen molar-refractivity contribution in [1.29, 1.82) is 0 Å². The van der Waals surface area contributed by atoms with E-state index in [9.17, 15) is 4.79 Å². The number of methoxy groups -OCH3 is 1. The van der Waals surface area contributed by atoms with Crippen LogP contribution in [0, 0.1) is 19.8 Å². The molecule has 1 aliphatic rings. The Morgan fingerprint density at radius 2 is 1.81 bits per heavy atom. The largest absolute Gasteiger partial charge is 0.497 e. The van der Waals surface area contributed by atoms with Crippen molar-refractivity contribution in [1.82, 2.24) is 15.0 Å². The standard InChI is InChI=1S/C24H28N4O3/c1-16-5-4-6-17(2)22(16)26-24(29)19-11-13-28(14-12-19)15-21-25-23(27-31-21)18-7-9-20(30-3)10-8-18/h4-10,19H,11-15H2,1-3H3,(H,26,29). The summed E-state index contributed by atoms with van der Waals surface area (Å²) in [6.07, 6.45) is 1.63. The van der Waals surface area contributed by atoms with Crippen molar-refractivity contribution in [3.05, 3.63) is 59.5 Å². The van der Waals surface area contributed by atoms with Crippen LogP contribution in [0.1, 0.15) is 29.9 Å². The summed E-state index contributed by atoms with van der Waals surface area (Å²) in [6, 6.07) is 13.6. The molecule has 0 radical (unpaired) electrons. The Bertz CT molecular complexity index is 1020. The number of rotatable bonds is 6. The van der Waals surface area contributed by atoms with Gasteiger partial charge in [-0.25, -0.2) is 0 Å². The van der Waals surface area contributed by atoms with E-state index in [0.717, 1.165) is 54.1 Å². The zero-order chi connectivity index (χ0) is 21.8. The number of nitrogens with one attached hydrogen (secondary N) is 1. The number of likely N-dealkylation sites (tertiary alicyclic amines) is 1. The van der Waals surface area contributed by atoms with Gasteiger partial charge in [0.05, 0.1) is 13.7 Å². The highest BCUT2D eigenvalue weighted by Gasteiger charge is 2.26. The van der Waals surface area contributed by atoms with Crippen LogP contribution < -0.4 is 10.1 Å². The molecule has 0 aliphatic carbocycles. The van der Waals surface area contributed by atoms with Gasteiger partial charge in [0.15, 0.2) is 0 Å². The van der Waals surface area contributed by atoms with E-state index in [0.29, 0.717) is 18.3 Å². The van der Waals surface area contributed by atoms with Gasteiger partial charge < -0.3 is 14.6 Å². The number of aryl methyl sites for hydroxylation is 2. The second kappa shape index (κ2) is 9.31. The molecule has 1 aliphatic heterocycles. The van der Waals surface area contributed by atoms with E-state index < -0.39 is 0 Å². The summed E-state index contributed by atoms with van der Waals surface area (Å²) in [5, 5.41) is 7.23. The third kappa shape index (κ3) is 4.94. The van der Waals surface area contributed by atoms with E-state index in [1.54, 1.807) is 7.11 Å². The van der Waals surface area contributed by atoms with Gasteiger partial charge in [-0.2, -0.15) is 4.98 Å². The van der Waals surface area contributed by atoms with Crippen molar-refractivity contribution in [2.75, 3.05) is 25.5 Å². The van der Waals surface area contributed by atoms with Gasteiger partial charge in [-0.1, -0.05) is 23.4 Å². The fourth-order valence-corrected chi connectivity index (χ4v) is 3.96. The normalized spacial score (nSPS) is 15.1. The van der Waals surface area contributed by atoms with E-state index in [2.05, 4.69) is 20.4 Å². The van der Waals surface area contributed by atoms with Crippen LogP contribution in [0.5, 0.6) is 5.75 Å². The smallest absolute Gasteiger partial charge is 0.241 e. The molecule has 0 atom stereocenters. The minimum absolute atomic E-state index is 0.0211. The van der Waals surface area contributed by atoms with Crippen molar-refractivity contribution >= 4 is 11.6 Å². The SMILES string of the molecule is COc1ccc(-c2noc(CN3CCC(C(=O)Nc4c(C)cccc4C)CC3)n2)cc1. The number of ether oxygens (including phenoxy) is 1. The highest BCUT2D eigenvalue weighted by molar-refractivity contribution is 5.94. The van der Waals surface area contributed by atoms with Gasteiger partial charge in [0.2, 0.25) is 17.6 Å². The van der Waals surface area contributed by atoms with Crippen LogP contribution in [0.3, 0.4) is 0 Å². The van der Waals surface area contributed by atoms with Gasteiger partial charge in [0.25, 0.3) is 0 Å². The van der Waals surface area contributed by atoms with E-state index in [-0.39, 0.29) is 11.8 Å². The average molecular weight is 421 g/mol. The number of benzene rings is 2.